The van der Waals surface area contributed by atoms with Crippen LogP contribution < -0.4 is 15.4 Å². The Kier molecular flexibility index (Phi) is 6.49. The van der Waals surface area contributed by atoms with Gasteiger partial charge in [-0.25, -0.2) is 4.39 Å². The van der Waals surface area contributed by atoms with E-state index in [0.29, 0.717) is 15.7 Å². The molecule has 3 aromatic carbocycles. The highest BCUT2D eigenvalue weighted by Gasteiger charge is 2.27. The highest BCUT2D eigenvalue weighted by atomic mass is 35.5. The molecule has 4 rings (SSSR count). The number of aryl methyl sites for hydroxylation is 1. The van der Waals surface area contributed by atoms with E-state index in [2.05, 4.69) is 10.6 Å². The fourth-order valence-corrected chi connectivity index (χ4v) is 4.30. The molecule has 1 saturated heterocycles. The van der Waals surface area contributed by atoms with Crippen LogP contribution in [0.15, 0.2) is 71.6 Å². The van der Waals surface area contributed by atoms with Crippen LogP contribution in [0, 0.1) is 12.7 Å². The highest BCUT2D eigenvalue weighted by molar-refractivity contribution is 8.05. The van der Waals surface area contributed by atoms with E-state index in [1.54, 1.807) is 6.07 Å². The Morgan fingerprint density at radius 3 is 2.71 bits per heavy atom. The van der Waals surface area contributed by atoms with Crippen molar-refractivity contribution in [1.29, 1.82) is 0 Å². The molecule has 0 spiro atoms. The van der Waals surface area contributed by atoms with E-state index in [4.69, 9.17) is 16.3 Å². The first kappa shape index (κ1) is 21.3. The quantitative estimate of drug-likeness (QED) is 0.451. The fraction of sp³-hybridized carbons (Fsp3) is 0.125. The van der Waals surface area contributed by atoms with Crippen LogP contribution in [0.4, 0.5) is 10.1 Å². The van der Waals surface area contributed by atoms with Crippen LogP contribution in [0.2, 0.25) is 5.02 Å². The van der Waals surface area contributed by atoms with Gasteiger partial charge in [-0.05, 0) is 72.2 Å². The van der Waals surface area contributed by atoms with Crippen molar-refractivity contribution in [2.45, 2.75) is 19.0 Å². The van der Waals surface area contributed by atoms with Gasteiger partial charge in [0.2, 0.25) is 0 Å². The van der Waals surface area contributed by atoms with Crippen molar-refractivity contribution in [1.82, 2.24) is 5.32 Å². The molecular formula is C24H20ClFN2O2S. The number of rotatable bonds is 6. The second-order valence-corrected chi connectivity index (χ2v) is 8.65. The molecule has 1 unspecified atom stereocenters. The first-order chi connectivity index (χ1) is 15.0. The van der Waals surface area contributed by atoms with Gasteiger partial charge in [0.25, 0.3) is 5.91 Å². The molecule has 1 heterocycles. The topological polar surface area (TPSA) is 50.4 Å². The van der Waals surface area contributed by atoms with Crippen LogP contribution in [0.3, 0.4) is 0 Å². The molecular weight excluding hydrogens is 435 g/mol. The fourth-order valence-electron chi connectivity index (χ4n) is 3.10. The number of benzene rings is 3. The van der Waals surface area contributed by atoms with Crippen molar-refractivity contribution in [3.8, 4) is 5.75 Å². The first-order valence-corrected chi connectivity index (χ1v) is 10.9. The molecule has 0 radical (unpaired) electrons. The summed E-state index contributed by atoms with van der Waals surface area (Å²) in [6.07, 6.45) is 1.84. The SMILES string of the molecule is Cc1cc(Cl)ccc1NC1NC(=O)/C(=C/c2ccc(OCc3cccc(F)c3)cc2)S1. The average molecular weight is 455 g/mol. The Bertz CT molecular complexity index is 1130. The van der Waals surface area contributed by atoms with Crippen molar-refractivity contribution in [3.05, 3.63) is 99.2 Å². The zero-order valence-electron chi connectivity index (χ0n) is 16.7. The van der Waals surface area contributed by atoms with Gasteiger partial charge in [-0.2, -0.15) is 0 Å². The van der Waals surface area contributed by atoms with Gasteiger partial charge in [0, 0.05) is 10.7 Å². The monoisotopic (exact) mass is 454 g/mol. The van der Waals surface area contributed by atoms with E-state index in [9.17, 15) is 9.18 Å². The number of anilines is 1. The van der Waals surface area contributed by atoms with Crippen molar-refractivity contribution in [2.75, 3.05) is 5.32 Å². The van der Waals surface area contributed by atoms with E-state index in [1.165, 1.54) is 23.9 Å². The maximum atomic E-state index is 13.3. The molecule has 0 saturated carbocycles. The molecule has 4 nitrogen and oxygen atoms in total. The second-order valence-electron chi connectivity index (χ2n) is 7.07. The van der Waals surface area contributed by atoms with Gasteiger partial charge < -0.3 is 15.4 Å². The van der Waals surface area contributed by atoms with E-state index < -0.39 is 0 Å². The number of carbonyl (C=O) groups excluding carboxylic acids is 1. The van der Waals surface area contributed by atoms with E-state index in [1.807, 2.05) is 61.5 Å². The Balaban J connectivity index is 1.37. The van der Waals surface area contributed by atoms with Crippen LogP contribution in [0.25, 0.3) is 6.08 Å². The lowest BCUT2D eigenvalue weighted by molar-refractivity contribution is -0.116. The van der Waals surface area contributed by atoms with E-state index in [-0.39, 0.29) is 23.8 Å². The van der Waals surface area contributed by atoms with Crippen molar-refractivity contribution in [2.24, 2.45) is 0 Å². The van der Waals surface area contributed by atoms with Crippen molar-refractivity contribution >= 4 is 41.0 Å². The van der Waals surface area contributed by atoms with Gasteiger partial charge >= 0.3 is 0 Å². The smallest absolute Gasteiger partial charge is 0.260 e. The molecule has 31 heavy (non-hydrogen) atoms. The summed E-state index contributed by atoms with van der Waals surface area (Å²) in [6, 6.07) is 19.3. The van der Waals surface area contributed by atoms with Crippen molar-refractivity contribution in [3.63, 3.8) is 0 Å². The molecule has 0 aliphatic carbocycles. The van der Waals surface area contributed by atoms with Gasteiger partial charge in [0.1, 0.15) is 18.2 Å². The normalized spacial score (nSPS) is 16.9. The summed E-state index contributed by atoms with van der Waals surface area (Å²) in [5, 5.41) is 6.91. The predicted molar refractivity (Wildman–Crippen MR) is 124 cm³/mol. The molecule has 2 N–H and O–H groups in total. The highest BCUT2D eigenvalue weighted by Crippen LogP contribution is 2.31. The Morgan fingerprint density at radius 1 is 1.16 bits per heavy atom. The number of ether oxygens (including phenoxy) is 1. The molecule has 158 valence electrons. The standard InChI is InChI=1S/C24H20ClFN2O2S/c1-15-11-18(25)7-10-21(15)27-24-28-23(29)22(31-24)13-16-5-8-20(9-6-16)30-14-17-3-2-4-19(26)12-17/h2-13,24,27H,14H2,1H3,(H,28,29)/b22-13-. The molecule has 0 aromatic heterocycles. The Labute approximate surface area is 189 Å². The number of hydrogen-bond donors (Lipinski definition) is 2. The molecule has 1 fully saturated rings. The number of thioether (sulfide) groups is 1. The number of hydrogen-bond acceptors (Lipinski definition) is 4. The summed E-state index contributed by atoms with van der Waals surface area (Å²) in [5.74, 6) is 0.266. The minimum atomic E-state index is -0.283. The summed E-state index contributed by atoms with van der Waals surface area (Å²) in [5.41, 5.74) is 3.32. The lowest BCUT2D eigenvalue weighted by atomic mass is 10.2. The molecule has 1 aliphatic heterocycles. The third-order valence-electron chi connectivity index (χ3n) is 4.68. The second kappa shape index (κ2) is 9.45. The molecule has 0 bridgehead atoms. The largest absolute Gasteiger partial charge is 0.489 e. The molecule has 1 amide bonds. The van der Waals surface area contributed by atoms with Gasteiger partial charge in [0.15, 0.2) is 5.50 Å². The maximum Gasteiger partial charge on any atom is 0.260 e. The average Bonchev–Trinajstić information content (AvgIpc) is 3.08. The van der Waals surface area contributed by atoms with E-state index in [0.717, 1.165) is 22.4 Å². The predicted octanol–water partition coefficient (Wildman–Crippen LogP) is 5.97. The van der Waals surface area contributed by atoms with Crippen LogP contribution in [-0.2, 0) is 11.4 Å². The number of carbonyl (C=O) groups is 1. The van der Waals surface area contributed by atoms with Gasteiger partial charge in [0.05, 0.1) is 4.91 Å². The minimum Gasteiger partial charge on any atom is -0.489 e. The van der Waals surface area contributed by atoms with Crippen LogP contribution in [0.1, 0.15) is 16.7 Å². The maximum absolute atomic E-state index is 13.3. The zero-order valence-corrected chi connectivity index (χ0v) is 18.3. The summed E-state index contributed by atoms with van der Waals surface area (Å²) >= 11 is 7.43. The van der Waals surface area contributed by atoms with Crippen LogP contribution in [-0.4, -0.2) is 11.4 Å². The summed E-state index contributed by atoms with van der Waals surface area (Å²) in [7, 11) is 0. The summed E-state index contributed by atoms with van der Waals surface area (Å²) < 4.78 is 19.0. The first-order valence-electron chi connectivity index (χ1n) is 9.65. The molecule has 7 heteroatoms. The lowest BCUT2D eigenvalue weighted by Crippen LogP contribution is -2.31. The van der Waals surface area contributed by atoms with Gasteiger partial charge in [-0.15, -0.1) is 0 Å². The zero-order chi connectivity index (χ0) is 21.8. The Hall–Kier alpha value is -2.96. The number of nitrogens with one attached hydrogen (secondary N) is 2. The molecule has 1 atom stereocenters. The van der Waals surface area contributed by atoms with Gasteiger partial charge in [-0.3, -0.25) is 4.79 Å². The number of amides is 1. The third-order valence-corrected chi connectivity index (χ3v) is 5.94. The minimum absolute atomic E-state index is 0.124. The van der Waals surface area contributed by atoms with Crippen LogP contribution in [0.5, 0.6) is 5.75 Å². The third kappa shape index (κ3) is 5.60. The Morgan fingerprint density at radius 2 is 1.97 bits per heavy atom. The van der Waals surface area contributed by atoms with Crippen molar-refractivity contribution < 1.29 is 13.9 Å². The summed E-state index contributed by atoms with van der Waals surface area (Å²) in [6.45, 7) is 2.25. The van der Waals surface area contributed by atoms with E-state index >= 15 is 0 Å². The summed E-state index contributed by atoms with van der Waals surface area (Å²) in [4.78, 5) is 13.0. The van der Waals surface area contributed by atoms with Gasteiger partial charge in [-0.1, -0.05) is 47.6 Å². The lowest BCUT2D eigenvalue weighted by Gasteiger charge is -2.15. The number of halogens is 2. The molecule has 3 aromatic rings. The van der Waals surface area contributed by atoms with Crippen LogP contribution >= 0.6 is 23.4 Å². The molecule has 1 aliphatic rings.